The van der Waals surface area contributed by atoms with Gasteiger partial charge in [-0.15, -0.1) is 11.3 Å². The van der Waals surface area contributed by atoms with Crippen LogP contribution in [-0.2, 0) is 6.42 Å². The molecular weight excluding hydrogens is 274 g/mol. The van der Waals surface area contributed by atoms with E-state index in [2.05, 4.69) is 55.7 Å². The van der Waals surface area contributed by atoms with Crippen LogP contribution in [0.3, 0.4) is 0 Å². The van der Waals surface area contributed by atoms with E-state index >= 15 is 0 Å². The summed E-state index contributed by atoms with van der Waals surface area (Å²) in [6, 6.07) is 9.45. The standard InChI is InChI=1S/C19H27NS/c1-4-20-17(16-9-7-11-19(16,2)3)12-14-13-21-18-10-6-5-8-15(14)18/h5-6,8,10,13,16-17,20H,4,7,9,11-12H2,1-3H3. The molecule has 1 aromatic heterocycles. The Morgan fingerprint density at radius 1 is 1.33 bits per heavy atom. The lowest BCUT2D eigenvalue weighted by Gasteiger charge is -2.34. The Hall–Kier alpha value is -0.860. The van der Waals surface area contributed by atoms with Gasteiger partial charge >= 0.3 is 0 Å². The summed E-state index contributed by atoms with van der Waals surface area (Å²) in [6.45, 7) is 8.22. The summed E-state index contributed by atoms with van der Waals surface area (Å²) in [7, 11) is 0. The Labute approximate surface area is 132 Å². The Bertz CT molecular complexity index is 598. The predicted molar refractivity (Wildman–Crippen MR) is 94.1 cm³/mol. The van der Waals surface area contributed by atoms with Crippen LogP contribution < -0.4 is 5.32 Å². The van der Waals surface area contributed by atoms with Crippen molar-refractivity contribution in [2.45, 2.75) is 52.5 Å². The molecule has 0 spiro atoms. The molecule has 1 aliphatic carbocycles. The molecule has 114 valence electrons. The molecule has 0 amide bonds. The highest BCUT2D eigenvalue weighted by Crippen LogP contribution is 2.45. The van der Waals surface area contributed by atoms with Crippen molar-refractivity contribution in [3.8, 4) is 0 Å². The molecule has 2 aromatic rings. The number of hydrogen-bond donors (Lipinski definition) is 1. The van der Waals surface area contributed by atoms with Crippen LogP contribution in [0.15, 0.2) is 29.6 Å². The zero-order valence-corrected chi connectivity index (χ0v) is 14.3. The molecule has 0 bridgehead atoms. The van der Waals surface area contributed by atoms with Gasteiger partial charge in [0.25, 0.3) is 0 Å². The average Bonchev–Trinajstić information content (AvgIpc) is 3.02. The smallest absolute Gasteiger partial charge is 0.0345 e. The van der Waals surface area contributed by atoms with Crippen molar-refractivity contribution in [1.82, 2.24) is 5.32 Å². The van der Waals surface area contributed by atoms with E-state index in [9.17, 15) is 0 Å². The average molecular weight is 301 g/mol. The van der Waals surface area contributed by atoms with Crippen LogP contribution in [0, 0.1) is 11.3 Å². The quantitative estimate of drug-likeness (QED) is 0.795. The van der Waals surface area contributed by atoms with Gasteiger partial charge in [0.05, 0.1) is 0 Å². The first-order valence-electron chi connectivity index (χ1n) is 8.30. The van der Waals surface area contributed by atoms with Gasteiger partial charge in [-0.05, 0) is 59.5 Å². The van der Waals surface area contributed by atoms with E-state index in [0.29, 0.717) is 11.5 Å². The monoisotopic (exact) mass is 301 g/mol. The Balaban J connectivity index is 1.85. The molecule has 0 aliphatic heterocycles. The second-order valence-corrected chi connectivity index (χ2v) is 8.02. The van der Waals surface area contributed by atoms with Crippen molar-refractivity contribution >= 4 is 21.4 Å². The van der Waals surface area contributed by atoms with E-state index < -0.39 is 0 Å². The third-order valence-corrected chi connectivity index (χ3v) is 6.31. The third-order valence-electron chi connectivity index (χ3n) is 5.29. The lowest BCUT2D eigenvalue weighted by molar-refractivity contribution is 0.197. The molecule has 2 heteroatoms. The number of likely N-dealkylation sites (N-methyl/N-ethyl adjacent to an activating group) is 1. The molecule has 1 aromatic carbocycles. The minimum absolute atomic E-state index is 0.485. The van der Waals surface area contributed by atoms with Gasteiger partial charge in [-0.25, -0.2) is 0 Å². The van der Waals surface area contributed by atoms with Crippen molar-refractivity contribution in [3.05, 3.63) is 35.2 Å². The van der Waals surface area contributed by atoms with Crippen LogP contribution in [0.25, 0.3) is 10.1 Å². The number of benzene rings is 1. The topological polar surface area (TPSA) is 12.0 Å². The van der Waals surface area contributed by atoms with Crippen LogP contribution in [0.4, 0.5) is 0 Å². The van der Waals surface area contributed by atoms with E-state index in [1.165, 1.54) is 41.3 Å². The Morgan fingerprint density at radius 3 is 2.86 bits per heavy atom. The van der Waals surface area contributed by atoms with Gasteiger partial charge in [0.2, 0.25) is 0 Å². The van der Waals surface area contributed by atoms with Gasteiger partial charge < -0.3 is 5.32 Å². The molecule has 2 unspecified atom stereocenters. The zero-order chi connectivity index (χ0) is 14.9. The van der Waals surface area contributed by atoms with Gasteiger partial charge in [-0.1, -0.05) is 45.4 Å². The van der Waals surface area contributed by atoms with Crippen molar-refractivity contribution < 1.29 is 0 Å². The van der Waals surface area contributed by atoms with Crippen LogP contribution in [0.2, 0.25) is 0 Å². The molecule has 1 N–H and O–H groups in total. The van der Waals surface area contributed by atoms with E-state index in [4.69, 9.17) is 0 Å². The second-order valence-electron chi connectivity index (χ2n) is 7.11. The highest BCUT2D eigenvalue weighted by molar-refractivity contribution is 7.17. The summed E-state index contributed by atoms with van der Waals surface area (Å²) in [5.74, 6) is 0.802. The van der Waals surface area contributed by atoms with Gasteiger partial charge in [0.1, 0.15) is 0 Å². The fourth-order valence-corrected chi connectivity index (χ4v) is 5.12. The van der Waals surface area contributed by atoms with Gasteiger partial charge in [-0.3, -0.25) is 0 Å². The van der Waals surface area contributed by atoms with E-state index in [-0.39, 0.29) is 0 Å². The first-order valence-corrected chi connectivity index (χ1v) is 9.18. The molecule has 2 atom stereocenters. The van der Waals surface area contributed by atoms with Crippen LogP contribution in [0.5, 0.6) is 0 Å². The molecular formula is C19H27NS. The fourth-order valence-electron chi connectivity index (χ4n) is 4.15. The number of nitrogens with one attached hydrogen (secondary N) is 1. The Kier molecular flexibility index (Phi) is 4.37. The summed E-state index contributed by atoms with van der Waals surface area (Å²) in [6.07, 6.45) is 5.33. The highest BCUT2D eigenvalue weighted by atomic mass is 32.1. The maximum absolute atomic E-state index is 3.79. The van der Waals surface area contributed by atoms with Gasteiger partial charge in [-0.2, -0.15) is 0 Å². The van der Waals surface area contributed by atoms with Gasteiger partial charge in [0, 0.05) is 10.7 Å². The highest BCUT2D eigenvalue weighted by Gasteiger charge is 2.39. The molecule has 3 rings (SSSR count). The first kappa shape index (κ1) is 15.1. The van der Waals surface area contributed by atoms with Crippen molar-refractivity contribution in [2.24, 2.45) is 11.3 Å². The minimum atomic E-state index is 0.485. The molecule has 1 fully saturated rings. The van der Waals surface area contributed by atoms with Crippen molar-refractivity contribution in [3.63, 3.8) is 0 Å². The third kappa shape index (κ3) is 3.02. The largest absolute Gasteiger partial charge is 0.314 e. The van der Waals surface area contributed by atoms with Crippen LogP contribution in [0.1, 0.15) is 45.6 Å². The summed E-state index contributed by atoms with van der Waals surface area (Å²) < 4.78 is 1.42. The lowest BCUT2D eigenvalue weighted by Crippen LogP contribution is -2.42. The maximum atomic E-state index is 3.79. The Morgan fingerprint density at radius 2 is 2.14 bits per heavy atom. The zero-order valence-electron chi connectivity index (χ0n) is 13.5. The predicted octanol–water partition coefficient (Wildman–Crippen LogP) is 5.25. The summed E-state index contributed by atoms with van der Waals surface area (Å²) in [5.41, 5.74) is 2.02. The molecule has 0 radical (unpaired) electrons. The normalized spacial score (nSPS) is 22.7. The van der Waals surface area contributed by atoms with E-state index in [1.54, 1.807) is 0 Å². The fraction of sp³-hybridized carbons (Fsp3) is 0.579. The van der Waals surface area contributed by atoms with Crippen molar-refractivity contribution in [1.29, 1.82) is 0 Å². The first-order chi connectivity index (χ1) is 10.1. The maximum Gasteiger partial charge on any atom is 0.0345 e. The molecule has 1 nitrogen and oxygen atoms in total. The van der Waals surface area contributed by atoms with E-state index in [1.807, 2.05) is 11.3 Å². The number of hydrogen-bond acceptors (Lipinski definition) is 2. The molecule has 1 heterocycles. The van der Waals surface area contributed by atoms with E-state index in [0.717, 1.165) is 12.5 Å². The second kappa shape index (κ2) is 6.10. The number of rotatable bonds is 5. The summed E-state index contributed by atoms with van der Waals surface area (Å²) in [5, 5.41) is 7.62. The SMILES string of the molecule is CCNC(Cc1csc2ccccc12)C1CCCC1(C)C. The lowest BCUT2D eigenvalue weighted by atomic mass is 9.76. The molecule has 1 aliphatic rings. The summed E-state index contributed by atoms with van der Waals surface area (Å²) in [4.78, 5) is 0. The van der Waals surface area contributed by atoms with Crippen LogP contribution in [-0.4, -0.2) is 12.6 Å². The van der Waals surface area contributed by atoms with Gasteiger partial charge in [0.15, 0.2) is 0 Å². The minimum Gasteiger partial charge on any atom is -0.314 e. The molecule has 21 heavy (non-hydrogen) atoms. The number of thiophene rings is 1. The summed E-state index contributed by atoms with van der Waals surface area (Å²) >= 11 is 1.89. The molecule has 1 saturated carbocycles. The molecule has 0 saturated heterocycles. The number of fused-ring (bicyclic) bond motifs is 1. The van der Waals surface area contributed by atoms with Crippen LogP contribution >= 0.6 is 11.3 Å². The van der Waals surface area contributed by atoms with Crippen molar-refractivity contribution in [2.75, 3.05) is 6.54 Å².